The minimum Gasteiger partial charge on any atom is -0.458 e. The number of fused-ring (bicyclic) bond motifs is 3. The van der Waals surface area contributed by atoms with Gasteiger partial charge in [-0.1, -0.05) is 38.5 Å². The Hall–Kier alpha value is -2.18. The lowest BCUT2D eigenvalue weighted by molar-refractivity contribution is -0.177. The third-order valence-corrected chi connectivity index (χ3v) is 10.7. The summed E-state index contributed by atoms with van der Waals surface area (Å²) in [5.74, 6) is -0.377. The predicted octanol–water partition coefficient (Wildman–Crippen LogP) is 4.71. The summed E-state index contributed by atoms with van der Waals surface area (Å²) in [6, 6.07) is 0. The normalized spacial score (nSPS) is 41.3. The van der Waals surface area contributed by atoms with E-state index in [9.17, 15) is 19.8 Å². The topological polar surface area (TPSA) is 93.1 Å². The molecule has 0 aromatic carbocycles. The quantitative estimate of drug-likeness (QED) is 0.550. The van der Waals surface area contributed by atoms with Crippen LogP contribution in [0, 0.1) is 22.7 Å². The molecule has 0 aromatic heterocycles. The first kappa shape index (κ1) is 25.5. The standard InChI is InChI=1S/C30H40O6/c1-17-7-9-23(35-26(17)33)18(2)22-16-24(31)29(6)21-12-14-30(27(3,4)34)20(8-10-25(32)36-30)15-19(21)11-13-28(22,29)5/h7-8,10,15,18,22-24,31,34H,9,11-14,16H2,1-6H3/t18-,22+,23-,24+,28+,29+,30-/m0/s1. The summed E-state index contributed by atoms with van der Waals surface area (Å²) in [6.45, 7) is 11.9. The molecule has 0 radical (unpaired) electrons. The van der Waals surface area contributed by atoms with Crippen LogP contribution in [0.2, 0.25) is 0 Å². The van der Waals surface area contributed by atoms with Gasteiger partial charge in [-0.2, -0.15) is 0 Å². The second-order valence-electron chi connectivity index (χ2n) is 12.6. The molecule has 3 aliphatic carbocycles. The smallest absolute Gasteiger partial charge is 0.333 e. The lowest BCUT2D eigenvalue weighted by Gasteiger charge is -2.53. The van der Waals surface area contributed by atoms with Gasteiger partial charge in [0.15, 0.2) is 5.60 Å². The number of hydrogen-bond acceptors (Lipinski definition) is 6. The van der Waals surface area contributed by atoms with E-state index in [1.807, 2.05) is 6.08 Å². The average molecular weight is 497 g/mol. The summed E-state index contributed by atoms with van der Waals surface area (Å²) >= 11 is 0. The zero-order chi connectivity index (χ0) is 26.3. The van der Waals surface area contributed by atoms with Crippen LogP contribution in [0.1, 0.15) is 80.1 Å². The van der Waals surface area contributed by atoms with E-state index in [0.29, 0.717) is 31.3 Å². The van der Waals surface area contributed by atoms with Crippen molar-refractivity contribution >= 4 is 11.9 Å². The molecule has 0 aromatic rings. The molecule has 6 heteroatoms. The van der Waals surface area contributed by atoms with E-state index < -0.39 is 28.7 Å². The van der Waals surface area contributed by atoms with E-state index in [4.69, 9.17) is 9.47 Å². The Morgan fingerprint density at radius 2 is 1.86 bits per heavy atom. The minimum atomic E-state index is -1.26. The van der Waals surface area contributed by atoms with Crippen molar-refractivity contribution in [3.05, 3.63) is 46.6 Å². The van der Waals surface area contributed by atoms with Gasteiger partial charge >= 0.3 is 11.9 Å². The van der Waals surface area contributed by atoms with Gasteiger partial charge in [0.05, 0.1) is 6.10 Å². The molecule has 0 saturated heterocycles. The molecule has 36 heavy (non-hydrogen) atoms. The fraction of sp³-hybridized carbons (Fsp3) is 0.667. The molecule has 0 amide bonds. The zero-order valence-electron chi connectivity index (χ0n) is 22.4. The Balaban J connectivity index is 1.53. The molecule has 6 nitrogen and oxygen atoms in total. The fourth-order valence-corrected chi connectivity index (χ4v) is 8.17. The average Bonchev–Trinajstić information content (AvgIpc) is 2.92. The van der Waals surface area contributed by atoms with Crippen molar-refractivity contribution < 1.29 is 29.3 Å². The van der Waals surface area contributed by atoms with Gasteiger partial charge in [-0.05, 0) is 87.3 Å². The molecule has 1 saturated carbocycles. The Labute approximate surface area is 214 Å². The van der Waals surface area contributed by atoms with Crippen LogP contribution in [-0.4, -0.2) is 45.6 Å². The Morgan fingerprint density at radius 3 is 2.53 bits per heavy atom. The first-order valence-electron chi connectivity index (χ1n) is 13.4. The van der Waals surface area contributed by atoms with Crippen LogP contribution in [0.3, 0.4) is 0 Å². The Morgan fingerprint density at radius 1 is 1.14 bits per heavy atom. The molecule has 2 aliphatic heterocycles. The van der Waals surface area contributed by atoms with Crippen LogP contribution >= 0.6 is 0 Å². The maximum Gasteiger partial charge on any atom is 0.333 e. The molecular formula is C30H40O6. The summed E-state index contributed by atoms with van der Waals surface area (Å²) in [5, 5.41) is 22.9. The van der Waals surface area contributed by atoms with Crippen LogP contribution in [0.4, 0.5) is 0 Å². The highest BCUT2D eigenvalue weighted by atomic mass is 16.6. The van der Waals surface area contributed by atoms with E-state index in [1.165, 1.54) is 17.2 Å². The van der Waals surface area contributed by atoms with Crippen LogP contribution in [0.5, 0.6) is 0 Å². The highest BCUT2D eigenvalue weighted by molar-refractivity contribution is 5.88. The molecule has 196 valence electrons. The number of carbonyl (C=O) groups excluding carboxylic acids is 2. The highest BCUT2D eigenvalue weighted by Gasteiger charge is 2.65. The number of rotatable bonds is 3. The van der Waals surface area contributed by atoms with Gasteiger partial charge < -0.3 is 19.7 Å². The molecule has 7 atom stereocenters. The van der Waals surface area contributed by atoms with Crippen molar-refractivity contribution in [2.24, 2.45) is 22.7 Å². The summed E-state index contributed by atoms with van der Waals surface area (Å²) in [7, 11) is 0. The fourth-order valence-electron chi connectivity index (χ4n) is 8.17. The van der Waals surface area contributed by atoms with Crippen molar-refractivity contribution in [3.63, 3.8) is 0 Å². The van der Waals surface area contributed by atoms with Gasteiger partial charge in [0, 0.05) is 23.5 Å². The highest BCUT2D eigenvalue weighted by Crippen LogP contribution is 2.68. The Kier molecular flexibility index (Phi) is 5.77. The number of aliphatic hydroxyl groups is 2. The monoisotopic (exact) mass is 496 g/mol. The van der Waals surface area contributed by atoms with Crippen molar-refractivity contribution in [2.75, 3.05) is 0 Å². The van der Waals surface area contributed by atoms with Gasteiger partial charge in [-0.25, -0.2) is 9.59 Å². The van der Waals surface area contributed by atoms with Crippen molar-refractivity contribution in [1.29, 1.82) is 0 Å². The SMILES string of the molecule is CC1=CC[C@@H]([C@@H](C)[C@H]2C[C@@H](O)[C@@]3(C)C4=C(C=C5C=CC(=O)O[C@@]5(C(C)(C)O)CC4)CC[C@]23C)OC1=O. The van der Waals surface area contributed by atoms with E-state index in [-0.39, 0.29) is 29.3 Å². The van der Waals surface area contributed by atoms with Gasteiger partial charge in [0.1, 0.15) is 11.7 Å². The van der Waals surface area contributed by atoms with E-state index in [1.54, 1.807) is 26.8 Å². The number of carbonyl (C=O) groups is 2. The number of hydrogen-bond donors (Lipinski definition) is 2. The van der Waals surface area contributed by atoms with Crippen molar-refractivity contribution in [3.8, 4) is 0 Å². The number of esters is 2. The van der Waals surface area contributed by atoms with Gasteiger partial charge in [-0.3, -0.25) is 0 Å². The second kappa shape index (κ2) is 8.16. The molecule has 2 N–H and O–H groups in total. The molecule has 1 fully saturated rings. The summed E-state index contributed by atoms with van der Waals surface area (Å²) in [6.07, 6.45) is 10.8. The van der Waals surface area contributed by atoms with E-state index in [0.717, 1.165) is 18.4 Å². The zero-order valence-corrected chi connectivity index (χ0v) is 22.4. The molecule has 0 unspecified atom stereocenters. The molecular weight excluding hydrogens is 456 g/mol. The second-order valence-corrected chi connectivity index (χ2v) is 12.6. The minimum absolute atomic E-state index is 0.111. The molecule has 0 bridgehead atoms. The summed E-state index contributed by atoms with van der Waals surface area (Å²) < 4.78 is 11.7. The van der Waals surface area contributed by atoms with Gasteiger partial charge in [-0.15, -0.1) is 0 Å². The number of ether oxygens (including phenoxy) is 2. The van der Waals surface area contributed by atoms with Crippen LogP contribution in [0.15, 0.2) is 46.6 Å². The maximum atomic E-state index is 12.3. The molecule has 5 rings (SSSR count). The van der Waals surface area contributed by atoms with Crippen LogP contribution in [0.25, 0.3) is 0 Å². The third-order valence-electron chi connectivity index (χ3n) is 10.7. The lowest BCUT2D eigenvalue weighted by atomic mass is 9.52. The van der Waals surface area contributed by atoms with E-state index in [2.05, 4.69) is 26.8 Å². The lowest BCUT2D eigenvalue weighted by Crippen LogP contribution is -2.55. The maximum absolute atomic E-state index is 12.3. The first-order valence-corrected chi connectivity index (χ1v) is 13.4. The third kappa shape index (κ3) is 3.36. The summed E-state index contributed by atoms with van der Waals surface area (Å²) in [4.78, 5) is 24.6. The first-order chi connectivity index (χ1) is 16.7. The van der Waals surface area contributed by atoms with Crippen LogP contribution in [-0.2, 0) is 19.1 Å². The molecule has 5 aliphatic rings. The predicted molar refractivity (Wildman–Crippen MR) is 136 cm³/mol. The number of allylic oxidation sites excluding steroid dienone is 2. The molecule has 2 heterocycles. The molecule has 0 spiro atoms. The van der Waals surface area contributed by atoms with Gasteiger partial charge in [0.2, 0.25) is 0 Å². The van der Waals surface area contributed by atoms with Crippen molar-refractivity contribution in [1.82, 2.24) is 0 Å². The largest absolute Gasteiger partial charge is 0.458 e. The van der Waals surface area contributed by atoms with Crippen LogP contribution < -0.4 is 0 Å². The summed E-state index contributed by atoms with van der Waals surface area (Å²) in [5.41, 5.74) is 0.842. The number of aliphatic hydroxyl groups excluding tert-OH is 1. The van der Waals surface area contributed by atoms with Crippen molar-refractivity contribution in [2.45, 2.75) is 103 Å². The van der Waals surface area contributed by atoms with E-state index >= 15 is 0 Å². The van der Waals surface area contributed by atoms with Gasteiger partial charge in [0.25, 0.3) is 0 Å². The number of cyclic esters (lactones) is 1. The Bertz CT molecular complexity index is 1120.